The van der Waals surface area contributed by atoms with Crippen LogP contribution in [0.15, 0.2) is 46.4 Å². The second kappa shape index (κ2) is 9.41. The van der Waals surface area contributed by atoms with Crippen molar-refractivity contribution in [3.05, 3.63) is 69.6 Å². The van der Waals surface area contributed by atoms with Crippen LogP contribution >= 0.6 is 11.3 Å². The first-order valence-electron chi connectivity index (χ1n) is 9.40. The third-order valence-corrected chi connectivity index (χ3v) is 5.63. The Morgan fingerprint density at radius 2 is 2.00 bits per heavy atom. The zero-order chi connectivity index (χ0) is 22.5. The van der Waals surface area contributed by atoms with E-state index < -0.39 is 17.7 Å². The second-order valence-corrected chi connectivity index (χ2v) is 7.74. The predicted octanol–water partition coefficient (Wildman–Crippen LogP) is 5.49. The first-order chi connectivity index (χ1) is 14.8. The van der Waals surface area contributed by atoms with Crippen LogP contribution in [-0.2, 0) is 9.53 Å². The van der Waals surface area contributed by atoms with E-state index in [1.807, 2.05) is 13.0 Å². The molecule has 0 spiro atoms. The summed E-state index contributed by atoms with van der Waals surface area (Å²) in [6.07, 6.45) is 1.26. The van der Waals surface area contributed by atoms with Gasteiger partial charge in [0.25, 0.3) is 5.91 Å². The van der Waals surface area contributed by atoms with Crippen molar-refractivity contribution >= 4 is 34.3 Å². The quantitative estimate of drug-likeness (QED) is 0.312. The Balaban J connectivity index is 1.86. The molecule has 6 nitrogen and oxygen atoms in total. The molecule has 0 radical (unpaired) electrons. The smallest absolute Gasteiger partial charge is 0.341 e. The molecular formula is C23H19FN2O4S. The third kappa shape index (κ3) is 4.73. The lowest BCUT2D eigenvalue weighted by Gasteiger charge is -2.06. The number of rotatable bonds is 6. The summed E-state index contributed by atoms with van der Waals surface area (Å²) in [6, 6.07) is 11.1. The minimum Gasteiger partial charge on any atom is -0.462 e. The second-order valence-electron chi connectivity index (χ2n) is 6.51. The highest BCUT2D eigenvalue weighted by molar-refractivity contribution is 7.16. The van der Waals surface area contributed by atoms with Gasteiger partial charge in [0.05, 0.1) is 17.7 Å². The lowest BCUT2D eigenvalue weighted by atomic mass is 10.1. The molecule has 0 unspecified atom stereocenters. The van der Waals surface area contributed by atoms with E-state index in [0.717, 1.165) is 4.88 Å². The fourth-order valence-corrected chi connectivity index (χ4v) is 3.91. The summed E-state index contributed by atoms with van der Waals surface area (Å²) in [4.78, 5) is 25.8. The average molecular weight is 438 g/mol. The molecule has 2 heterocycles. The molecule has 0 saturated carbocycles. The van der Waals surface area contributed by atoms with E-state index in [2.05, 4.69) is 5.32 Å². The van der Waals surface area contributed by atoms with Crippen LogP contribution in [0.2, 0.25) is 0 Å². The summed E-state index contributed by atoms with van der Waals surface area (Å²) >= 11 is 1.23. The van der Waals surface area contributed by atoms with Crippen molar-refractivity contribution < 1.29 is 23.1 Å². The van der Waals surface area contributed by atoms with Crippen molar-refractivity contribution in [2.75, 3.05) is 11.9 Å². The molecule has 2 aromatic heterocycles. The number of hydrogen-bond acceptors (Lipinski definition) is 6. The van der Waals surface area contributed by atoms with Crippen LogP contribution in [0.5, 0.6) is 0 Å². The molecule has 158 valence electrons. The summed E-state index contributed by atoms with van der Waals surface area (Å²) in [6.45, 7) is 5.49. The van der Waals surface area contributed by atoms with Crippen LogP contribution < -0.4 is 5.32 Å². The first-order valence-corrected chi connectivity index (χ1v) is 10.2. The molecule has 0 atom stereocenters. The van der Waals surface area contributed by atoms with E-state index in [9.17, 15) is 19.2 Å². The van der Waals surface area contributed by atoms with Gasteiger partial charge < -0.3 is 14.5 Å². The number of nitrogens with one attached hydrogen (secondary N) is 1. The van der Waals surface area contributed by atoms with E-state index >= 15 is 0 Å². The van der Waals surface area contributed by atoms with Gasteiger partial charge in [0.2, 0.25) is 0 Å². The Labute approximate surface area is 182 Å². The van der Waals surface area contributed by atoms with Gasteiger partial charge in [-0.05, 0) is 50.6 Å². The van der Waals surface area contributed by atoms with Gasteiger partial charge >= 0.3 is 5.97 Å². The van der Waals surface area contributed by atoms with Gasteiger partial charge in [-0.2, -0.15) is 5.26 Å². The van der Waals surface area contributed by atoms with Crippen LogP contribution in [0.25, 0.3) is 17.4 Å². The molecule has 0 aliphatic carbocycles. The number of nitrogens with zero attached hydrogens (tertiary/aromatic N) is 1. The molecule has 0 aliphatic heterocycles. The number of esters is 1. The Morgan fingerprint density at radius 1 is 1.26 bits per heavy atom. The maximum Gasteiger partial charge on any atom is 0.341 e. The molecule has 3 rings (SSSR count). The largest absolute Gasteiger partial charge is 0.462 e. The molecule has 8 heteroatoms. The summed E-state index contributed by atoms with van der Waals surface area (Å²) in [5, 5.41) is 12.4. The van der Waals surface area contributed by atoms with Gasteiger partial charge in [-0.25, -0.2) is 9.18 Å². The van der Waals surface area contributed by atoms with Gasteiger partial charge in [-0.3, -0.25) is 4.79 Å². The normalized spacial score (nSPS) is 11.1. The zero-order valence-corrected chi connectivity index (χ0v) is 17.9. The third-order valence-electron chi connectivity index (χ3n) is 4.51. The summed E-state index contributed by atoms with van der Waals surface area (Å²) in [7, 11) is 0. The van der Waals surface area contributed by atoms with Crippen molar-refractivity contribution in [2.24, 2.45) is 0 Å². The van der Waals surface area contributed by atoms with Crippen molar-refractivity contribution in [3.63, 3.8) is 0 Å². The van der Waals surface area contributed by atoms with Crippen LogP contribution in [0.4, 0.5) is 9.39 Å². The van der Waals surface area contributed by atoms with E-state index in [0.29, 0.717) is 10.6 Å². The number of benzene rings is 1. The highest BCUT2D eigenvalue weighted by Crippen LogP contribution is 2.33. The van der Waals surface area contributed by atoms with Gasteiger partial charge in [0, 0.05) is 11.0 Å². The minimum atomic E-state index is -0.696. The molecular weight excluding hydrogens is 419 g/mol. The molecule has 1 N–H and O–H groups in total. The van der Waals surface area contributed by atoms with Crippen molar-refractivity contribution in [1.29, 1.82) is 5.26 Å². The molecule has 0 fully saturated rings. The minimum absolute atomic E-state index is 0.201. The van der Waals surface area contributed by atoms with Crippen LogP contribution in [-0.4, -0.2) is 18.5 Å². The Kier molecular flexibility index (Phi) is 6.68. The summed E-state index contributed by atoms with van der Waals surface area (Å²) in [5.41, 5.74) is 1.03. The number of hydrogen-bond donors (Lipinski definition) is 1. The molecule has 31 heavy (non-hydrogen) atoms. The number of furan rings is 1. The van der Waals surface area contributed by atoms with Crippen LogP contribution in [0.3, 0.4) is 0 Å². The predicted molar refractivity (Wildman–Crippen MR) is 116 cm³/mol. The van der Waals surface area contributed by atoms with Crippen molar-refractivity contribution in [1.82, 2.24) is 0 Å². The zero-order valence-electron chi connectivity index (χ0n) is 17.1. The van der Waals surface area contributed by atoms with Gasteiger partial charge in [-0.1, -0.05) is 12.1 Å². The highest BCUT2D eigenvalue weighted by atomic mass is 32.1. The van der Waals surface area contributed by atoms with Gasteiger partial charge in [0.15, 0.2) is 0 Å². The topological polar surface area (TPSA) is 92.3 Å². The number of carbonyl (C=O) groups is 2. The molecule has 0 aliphatic rings. The molecule has 0 bridgehead atoms. The number of ether oxygens (including phenoxy) is 1. The van der Waals surface area contributed by atoms with E-state index in [4.69, 9.17) is 9.15 Å². The fourth-order valence-electron chi connectivity index (χ4n) is 2.86. The molecule has 1 aromatic carbocycles. The average Bonchev–Trinajstić information content (AvgIpc) is 3.31. The van der Waals surface area contributed by atoms with E-state index in [1.165, 1.54) is 29.5 Å². The van der Waals surface area contributed by atoms with Gasteiger partial charge in [0.1, 0.15) is 34.0 Å². The summed E-state index contributed by atoms with van der Waals surface area (Å²) < 4.78 is 24.6. The number of nitriles is 1. The number of amides is 1. The maximum atomic E-state index is 13.9. The van der Waals surface area contributed by atoms with Crippen molar-refractivity contribution in [2.45, 2.75) is 20.8 Å². The Bertz CT molecular complexity index is 1220. The summed E-state index contributed by atoms with van der Waals surface area (Å²) in [5.74, 6) is -1.19. The Morgan fingerprint density at radius 3 is 2.68 bits per heavy atom. The number of aryl methyl sites for hydroxylation is 1. The maximum absolute atomic E-state index is 13.9. The monoisotopic (exact) mass is 438 g/mol. The van der Waals surface area contributed by atoms with E-state index in [-0.39, 0.29) is 34.8 Å². The van der Waals surface area contributed by atoms with E-state index in [1.54, 1.807) is 38.1 Å². The molecule has 0 saturated heterocycles. The van der Waals surface area contributed by atoms with Crippen molar-refractivity contribution in [3.8, 4) is 17.4 Å². The molecule has 3 aromatic rings. The SMILES string of the molecule is CCOC(=O)c1c(NC(=O)/C(C#N)=C/c2ccc(-c3ccccc3F)o2)sc(C)c1C. The number of anilines is 1. The van der Waals surface area contributed by atoms with Crippen LogP contribution in [0, 0.1) is 31.0 Å². The number of carbonyl (C=O) groups excluding carboxylic acids is 2. The molecule has 1 amide bonds. The number of halogens is 1. The van der Waals surface area contributed by atoms with Crippen LogP contribution in [0.1, 0.15) is 33.5 Å². The lowest BCUT2D eigenvalue weighted by molar-refractivity contribution is -0.112. The number of thiophene rings is 1. The fraction of sp³-hybridized carbons (Fsp3) is 0.174. The van der Waals surface area contributed by atoms with Gasteiger partial charge in [-0.15, -0.1) is 11.3 Å². The Hall–Kier alpha value is -3.70. The highest BCUT2D eigenvalue weighted by Gasteiger charge is 2.23. The standard InChI is InChI=1S/C23H19FN2O4S/c1-4-29-23(28)20-13(2)14(3)31-22(20)26-21(27)15(12-25)11-16-9-10-19(30-16)17-7-5-6-8-18(17)24/h5-11H,4H2,1-3H3,(H,26,27)/b15-11+. The first kappa shape index (κ1) is 22.0. The lowest BCUT2D eigenvalue weighted by Crippen LogP contribution is -2.16.